The standard InChI is InChI=1S/C21H33N5O4/c1-15(2)13-24(14-17-4-6-18(7-5-17)26(29)30)19-8-11-25(16(3)27)20(12-19)21(28)23-10-9-22/h4-7,15,19-20H,8-14,22H2,1-3H3,(H,23,28)/t19?,20-/m1/s1. The number of nitro groups is 1. The van der Waals surface area contributed by atoms with Crippen molar-refractivity contribution in [1.29, 1.82) is 0 Å². The molecule has 2 atom stereocenters. The van der Waals surface area contributed by atoms with Gasteiger partial charge in [-0.25, -0.2) is 0 Å². The summed E-state index contributed by atoms with van der Waals surface area (Å²) < 4.78 is 0. The Morgan fingerprint density at radius 3 is 2.53 bits per heavy atom. The van der Waals surface area contributed by atoms with Crippen molar-refractivity contribution < 1.29 is 14.5 Å². The fourth-order valence-corrected chi connectivity index (χ4v) is 3.99. The maximum absolute atomic E-state index is 12.7. The summed E-state index contributed by atoms with van der Waals surface area (Å²) in [6.07, 6.45) is 1.33. The molecule has 0 aliphatic carbocycles. The summed E-state index contributed by atoms with van der Waals surface area (Å²) in [4.78, 5) is 39.2. The lowest BCUT2D eigenvalue weighted by molar-refractivity contribution is -0.384. The van der Waals surface area contributed by atoms with E-state index in [-0.39, 0.29) is 23.5 Å². The van der Waals surface area contributed by atoms with Crippen LogP contribution >= 0.6 is 0 Å². The molecule has 9 heteroatoms. The molecule has 3 N–H and O–H groups in total. The molecule has 1 aliphatic rings. The largest absolute Gasteiger partial charge is 0.353 e. The average molecular weight is 420 g/mol. The third-order valence-electron chi connectivity index (χ3n) is 5.37. The van der Waals surface area contributed by atoms with Crippen LogP contribution in [-0.4, -0.2) is 64.8 Å². The fourth-order valence-electron chi connectivity index (χ4n) is 3.99. The molecular formula is C21H33N5O4. The quantitative estimate of drug-likeness (QED) is 0.462. The Labute approximate surface area is 177 Å². The first-order chi connectivity index (χ1) is 14.2. The van der Waals surface area contributed by atoms with Crippen molar-refractivity contribution in [3.63, 3.8) is 0 Å². The molecule has 9 nitrogen and oxygen atoms in total. The molecule has 1 heterocycles. The van der Waals surface area contributed by atoms with E-state index in [9.17, 15) is 19.7 Å². The van der Waals surface area contributed by atoms with E-state index in [0.717, 1.165) is 18.5 Å². The van der Waals surface area contributed by atoms with Crippen LogP contribution in [0.1, 0.15) is 39.2 Å². The molecule has 0 bridgehead atoms. The van der Waals surface area contributed by atoms with Gasteiger partial charge in [0, 0.05) is 57.8 Å². The molecule has 0 aromatic heterocycles. The summed E-state index contributed by atoms with van der Waals surface area (Å²) in [5.41, 5.74) is 6.56. The van der Waals surface area contributed by atoms with Gasteiger partial charge in [0.15, 0.2) is 0 Å². The summed E-state index contributed by atoms with van der Waals surface area (Å²) in [6, 6.07) is 6.21. The molecule has 2 rings (SSSR count). The molecule has 1 unspecified atom stereocenters. The van der Waals surface area contributed by atoms with Crippen molar-refractivity contribution in [2.45, 2.75) is 52.2 Å². The number of non-ortho nitro benzene ring substituents is 1. The number of carbonyl (C=O) groups excluding carboxylic acids is 2. The number of amides is 2. The van der Waals surface area contributed by atoms with E-state index in [0.29, 0.717) is 38.5 Å². The second-order valence-corrected chi connectivity index (χ2v) is 8.23. The molecule has 1 aliphatic heterocycles. The fraction of sp³-hybridized carbons (Fsp3) is 0.619. The second-order valence-electron chi connectivity index (χ2n) is 8.23. The summed E-state index contributed by atoms with van der Waals surface area (Å²) in [6.45, 7) is 8.49. The van der Waals surface area contributed by atoms with E-state index in [4.69, 9.17) is 5.73 Å². The number of nitrogens with two attached hydrogens (primary N) is 1. The number of likely N-dealkylation sites (tertiary alicyclic amines) is 1. The van der Waals surface area contributed by atoms with Gasteiger partial charge in [-0.1, -0.05) is 26.0 Å². The van der Waals surface area contributed by atoms with E-state index >= 15 is 0 Å². The maximum Gasteiger partial charge on any atom is 0.269 e. The first-order valence-electron chi connectivity index (χ1n) is 10.4. The van der Waals surface area contributed by atoms with Crippen LogP contribution < -0.4 is 11.1 Å². The molecule has 1 aromatic rings. The number of nitro benzene ring substituents is 1. The van der Waals surface area contributed by atoms with Crippen LogP contribution in [0.25, 0.3) is 0 Å². The highest BCUT2D eigenvalue weighted by Gasteiger charge is 2.37. The smallest absolute Gasteiger partial charge is 0.269 e. The Balaban J connectivity index is 2.17. The molecule has 166 valence electrons. The van der Waals surface area contributed by atoms with Gasteiger partial charge in [-0.15, -0.1) is 0 Å². The first-order valence-corrected chi connectivity index (χ1v) is 10.4. The highest BCUT2D eigenvalue weighted by Crippen LogP contribution is 2.25. The highest BCUT2D eigenvalue weighted by molar-refractivity contribution is 5.87. The van der Waals surface area contributed by atoms with Crippen LogP contribution in [0.3, 0.4) is 0 Å². The van der Waals surface area contributed by atoms with Gasteiger partial charge in [0.2, 0.25) is 11.8 Å². The van der Waals surface area contributed by atoms with Crippen molar-refractivity contribution in [1.82, 2.24) is 15.1 Å². The first kappa shape index (κ1) is 23.8. The average Bonchev–Trinajstić information content (AvgIpc) is 2.71. The van der Waals surface area contributed by atoms with Gasteiger partial charge in [0.05, 0.1) is 4.92 Å². The molecule has 0 spiro atoms. The van der Waals surface area contributed by atoms with Gasteiger partial charge in [0.25, 0.3) is 5.69 Å². The molecule has 1 saturated heterocycles. The minimum atomic E-state index is -0.515. The van der Waals surface area contributed by atoms with Crippen LogP contribution in [0.15, 0.2) is 24.3 Å². The van der Waals surface area contributed by atoms with E-state index in [1.807, 2.05) is 0 Å². The normalized spacial score (nSPS) is 19.2. The van der Waals surface area contributed by atoms with Crippen molar-refractivity contribution in [2.24, 2.45) is 11.7 Å². The lowest BCUT2D eigenvalue weighted by Crippen LogP contribution is -2.57. The van der Waals surface area contributed by atoms with Gasteiger partial charge < -0.3 is 16.0 Å². The number of nitrogens with zero attached hydrogens (tertiary/aromatic N) is 3. The number of rotatable bonds is 9. The van der Waals surface area contributed by atoms with Crippen molar-refractivity contribution in [2.75, 3.05) is 26.2 Å². The van der Waals surface area contributed by atoms with Crippen molar-refractivity contribution >= 4 is 17.5 Å². The lowest BCUT2D eigenvalue weighted by Gasteiger charge is -2.43. The van der Waals surface area contributed by atoms with E-state index in [2.05, 4.69) is 24.1 Å². The molecule has 0 radical (unpaired) electrons. The zero-order valence-corrected chi connectivity index (χ0v) is 18.0. The molecule has 2 amide bonds. The Bertz CT molecular complexity index is 737. The summed E-state index contributed by atoms with van der Waals surface area (Å²) in [5.74, 6) is 0.144. The molecular weight excluding hydrogens is 386 g/mol. The number of piperidine rings is 1. The van der Waals surface area contributed by atoms with Crippen LogP contribution in [0.5, 0.6) is 0 Å². The lowest BCUT2D eigenvalue weighted by atomic mass is 9.93. The highest BCUT2D eigenvalue weighted by atomic mass is 16.6. The zero-order chi connectivity index (χ0) is 22.3. The van der Waals surface area contributed by atoms with Gasteiger partial charge in [0.1, 0.15) is 6.04 Å². The zero-order valence-electron chi connectivity index (χ0n) is 18.0. The number of carbonyl (C=O) groups is 2. The minimum absolute atomic E-state index is 0.0700. The van der Waals surface area contributed by atoms with Crippen molar-refractivity contribution in [3.8, 4) is 0 Å². The van der Waals surface area contributed by atoms with E-state index < -0.39 is 11.0 Å². The molecule has 0 saturated carbocycles. The number of hydrogen-bond acceptors (Lipinski definition) is 6. The Hall–Kier alpha value is -2.52. The molecule has 30 heavy (non-hydrogen) atoms. The maximum atomic E-state index is 12.7. The third-order valence-corrected chi connectivity index (χ3v) is 5.37. The van der Waals surface area contributed by atoms with Crippen LogP contribution in [0.4, 0.5) is 5.69 Å². The topological polar surface area (TPSA) is 122 Å². The number of hydrogen-bond donors (Lipinski definition) is 2. The summed E-state index contributed by atoms with van der Waals surface area (Å²) in [5, 5.41) is 13.7. The number of benzene rings is 1. The van der Waals surface area contributed by atoms with E-state index in [1.54, 1.807) is 17.0 Å². The Kier molecular flexibility index (Phi) is 8.73. The van der Waals surface area contributed by atoms with Crippen LogP contribution in [-0.2, 0) is 16.1 Å². The minimum Gasteiger partial charge on any atom is -0.353 e. The predicted octanol–water partition coefficient (Wildman–Crippen LogP) is 1.51. The monoisotopic (exact) mass is 419 g/mol. The van der Waals surface area contributed by atoms with E-state index in [1.165, 1.54) is 19.1 Å². The van der Waals surface area contributed by atoms with Crippen molar-refractivity contribution in [3.05, 3.63) is 39.9 Å². The summed E-state index contributed by atoms with van der Waals surface area (Å²) >= 11 is 0. The van der Waals surface area contributed by atoms with Crippen LogP contribution in [0.2, 0.25) is 0 Å². The predicted molar refractivity (Wildman–Crippen MR) is 115 cm³/mol. The van der Waals surface area contributed by atoms with Gasteiger partial charge in [-0.3, -0.25) is 24.6 Å². The van der Waals surface area contributed by atoms with Gasteiger partial charge in [-0.2, -0.15) is 0 Å². The SMILES string of the molecule is CC(=O)N1CCC(N(Cc2ccc([N+](=O)[O-])cc2)CC(C)C)C[C@@H]1C(=O)NCCN. The van der Waals surface area contributed by atoms with Crippen LogP contribution in [0, 0.1) is 16.0 Å². The third kappa shape index (κ3) is 6.50. The number of nitrogens with one attached hydrogen (secondary N) is 1. The molecule has 1 fully saturated rings. The Morgan fingerprint density at radius 2 is 2.00 bits per heavy atom. The van der Waals surface area contributed by atoms with Gasteiger partial charge in [-0.05, 0) is 24.3 Å². The second kappa shape index (κ2) is 11.0. The molecule has 1 aromatic carbocycles. The summed E-state index contributed by atoms with van der Waals surface area (Å²) in [7, 11) is 0. The van der Waals surface area contributed by atoms with Gasteiger partial charge >= 0.3 is 0 Å². The Morgan fingerprint density at radius 1 is 1.33 bits per heavy atom.